The summed E-state index contributed by atoms with van der Waals surface area (Å²) in [5.74, 6) is -1.15. The summed E-state index contributed by atoms with van der Waals surface area (Å²) in [6.07, 6.45) is 0. The van der Waals surface area contributed by atoms with Crippen LogP contribution < -0.4 is 5.69 Å². The van der Waals surface area contributed by atoms with Crippen molar-refractivity contribution in [1.29, 1.82) is 0 Å². The fourth-order valence-corrected chi connectivity index (χ4v) is 3.25. The largest absolute Gasteiger partial charge is 0.478 e. The number of rotatable bonds is 2. The van der Waals surface area contributed by atoms with Crippen molar-refractivity contribution in [2.45, 2.75) is 4.90 Å². The van der Waals surface area contributed by atoms with Crippen molar-refractivity contribution in [3.8, 4) is 0 Å². The number of imidazole rings is 1. The van der Waals surface area contributed by atoms with Gasteiger partial charge in [0.05, 0.1) is 27.0 Å². The maximum Gasteiger partial charge on any atom is 0.335 e. The molecule has 3 N–H and O–H groups in total. The Bertz CT molecular complexity index is 1370. The van der Waals surface area contributed by atoms with E-state index in [9.17, 15) is 22.6 Å². The molecule has 0 bridgehead atoms. The highest BCUT2D eigenvalue weighted by Gasteiger charge is 2.16. The maximum atomic E-state index is 12.4. The van der Waals surface area contributed by atoms with Crippen molar-refractivity contribution < 1.29 is 22.9 Å². The third-order valence-corrected chi connectivity index (χ3v) is 4.73. The van der Waals surface area contributed by atoms with Gasteiger partial charge in [0.15, 0.2) is 5.65 Å². The Labute approximate surface area is 138 Å². The van der Waals surface area contributed by atoms with Gasteiger partial charge < -0.3 is 10.1 Å². The summed E-state index contributed by atoms with van der Waals surface area (Å²) in [5.41, 5.74) is 0.573. The summed E-state index contributed by atoms with van der Waals surface area (Å²) in [6, 6.07) is 7.84. The van der Waals surface area contributed by atoms with E-state index in [0.717, 1.165) is 10.5 Å². The lowest BCUT2D eigenvalue weighted by molar-refractivity contribution is 0.0697. The zero-order chi connectivity index (χ0) is 17.9. The average Bonchev–Trinajstić information content (AvgIpc) is 2.93. The van der Waals surface area contributed by atoms with Crippen LogP contribution in [-0.4, -0.2) is 38.4 Å². The summed E-state index contributed by atoms with van der Waals surface area (Å²) >= 11 is 0. The molecular formula is C15H9N3O6S. The summed E-state index contributed by atoms with van der Waals surface area (Å²) in [7, 11) is -4.43. The van der Waals surface area contributed by atoms with E-state index in [-0.39, 0.29) is 21.6 Å². The van der Waals surface area contributed by atoms with Crippen molar-refractivity contribution in [2.24, 2.45) is 0 Å². The first kappa shape index (κ1) is 15.3. The van der Waals surface area contributed by atoms with Crippen molar-refractivity contribution in [1.82, 2.24) is 14.4 Å². The van der Waals surface area contributed by atoms with Gasteiger partial charge in [-0.05, 0) is 36.4 Å². The Morgan fingerprint density at radius 3 is 2.60 bits per heavy atom. The normalized spacial score (nSPS) is 12.2. The van der Waals surface area contributed by atoms with Gasteiger partial charge in [-0.25, -0.2) is 19.0 Å². The Morgan fingerprint density at radius 1 is 1.16 bits per heavy atom. The molecule has 0 radical (unpaired) electrons. The third kappa shape index (κ3) is 2.27. The fraction of sp³-hybridized carbons (Fsp3) is 0. The summed E-state index contributed by atoms with van der Waals surface area (Å²) in [6.45, 7) is 0. The molecule has 0 fully saturated rings. The van der Waals surface area contributed by atoms with Gasteiger partial charge >= 0.3 is 11.7 Å². The molecule has 2 aromatic carbocycles. The van der Waals surface area contributed by atoms with E-state index >= 15 is 0 Å². The van der Waals surface area contributed by atoms with Crippen LogP contribution in [0, 0.1) is 0 Å². The Morgan fingerprint density at radius 2 is 1.92 bits per heavy atom. The second-order valence-corrected chi connectivity index (χ2v) is 6.81. The van der Waals surface area contributed by atoms with Crippen LogP contribution in [0.3, 0.4) is 0 Å². The van der Waals surface area contributed by atoms with Gasteiger partial charge in [0.1, 0.15) is 0 Å². The van der Waals surface area contributed by atoms with Gasteiger partial charge in [-0.1, -0.05) is 0 Å². The Balaban J connectivity index is 2.21. The van der Waals surface area contributed by atoms with Crippen LogP contribution in [0.2, 0.25) is 0 Å². The van der Waals surface area contributed by atoms with Crippen LogP contribution in [0.1, 0.15) is 10.4 Å². The van der Waals surface area contributed by atoms with Gasteiger partial charge in [-0.3, -0.25) is 4.55 Å². The van der Waals surface area contributed by atoms with Crippen LogP contribution in [-0.2, 0) is 10.1 Å². The summed E-state index contributed by atoms with van der Waals surface area (Å²) < 4.78 is 33.1. The molecule has 4 rings (SSSR count). The molecule has 0 aliphatic carbocycles. The SMILES string of the molecule is O=C(O)c1ccc2nc3c4cc(S(=O)(=O)O)ccc4[nH]c(=O)n3c2c1. The van der Waals surface area contributed by atoms with E-state index in [0.29, 0.717) is 16.4 Å². The quantitative estimate of drug-likeness (QED) is 0.458. The van der Waals surface area contributed by atoms with Crippen LogP contribution >= 0.6 is 0 Å². The molecule has 0 aliphatic heterocycles. The topological polar surface area (TPSA) is 142 Å². The van der Waals surface area contributed by atoms with Crippen LogP contribution in [0.4, 0.5) is 0 Å². The molecule has 10 heteroatoms. The van der Waals surface area contributed by atoms with Gasteiger partial charge in [0.25, 0.3) is 10.1 Å². The molecule has 4 aromatic rings. The Hall–Kier alpha value is -3.24. The fourth-order valence-electron chi connectivity index (χ4n) is 2.74. The lowest BCUT2D eigenvalue weighted by Crippen LogP contribution is -2.16. The molecule has 126 valence electrons. The highest BCUT2D eigenvalue weighted by atomic mass is 32.2. The first-order chi connectivity index (χ1) is 11.8. The summed E-state index contributed by atoms with van der Waals surface area (Å²) in [5, 5.41) is 9.41. The van der Waals surface area contributed by atoms with E-state index in [2.05, 4.69) is 9.97 Å². The second kappa shape index (κ2) is 4.88. The standard InChI is InChI=1S/C15H9N3O6S/c19-14(20)7-1-3-11-12(5-7)18-13(16-11)9-6-8(25(22,23)24)2-4-10(9)17-15(18)21/h1-6H,(H,17,21)(H,19,20)(H,22,23,24). The number of hydrogen-bond acceptors (Lipinski definition) is 5. The van der Waals surface area contributed by atoms with E-state index in [1.165, 1.54) is 30.3 Å². The lowest BCUT2D eigenvalue weighted by Gasteiger charge is -2.03. The van der Waals surface area contributed by atoms with Gasteiger partial charge in [0, 0.05) is 5.39 Å². The predicted molar refractivity (Wildman–Crippen MR) is 87.6 cm³/mol. The number of aromatic nitrogens is 3. The molecule has 9 nitrogen and oxygen atoms in total. The predicted octanol–water partition coefficient (Wildman–Crippen LogP) is 1.27. The number of nitrogens with one attached hydrogen (secondary N) is 1. The van der Waals surface area contributed by atoms with E-state index in [1.54, 1.807) is 0 Å². The minimum atomic E-state index is -4.43. The van der Waals surface area contributed by atoms with Crippen molar-refractivity contribution in [2.75, 3.05) is 0 Å². The number of H-pyrrole nitrogens is 1. The highest BCUT2D eigenvalue weighted by Crippen LogP contribution is 2.24. The monoisotopic (exact) mass is 359 g/mol. The molecule has 25 heavy (non-hydrogen) atoms. The maximum absolute atomic E-state index is 12.4. The lowest BCUT2D eigenvalue weighted by atomic mass is 10.2. The number of carbonyl (C=O) groups is 1. The summed E-state index contributed by atoms with van der Waals surface area (Å²) in [4.78, 5) is 30.1. The van der Waals surface area contributed by atoms with Gasteiger partial charge in [-0.2, -0.15) is 8.42 Å². The second-order valence-electron chi connectivity index (χ2n) is 5.39. The number of aromatic amines is 1. The van der Waals surface area contributed by atoms with Gasteiger partial charge in [0.2, 0.25) is 0 Å². The number of benzene rings is 2. The highest BCUT2D eigenvalue weighted by molar-refractivity contribution is 7.85. The third-order valence-electron chi connectivity index (χ3n) is 3.88. The molecule has 0 saturated carbocycles. The molecule has 0 saturated heterocycles. The molecule has 2 heterocycles. The van der Waals surface area contributed by atoms with Crippen molar-refractivity contribution >= 4 is 43.7 Å². The van der Waals surface area contributed by atoms with Gasteiger partial charge in [-0.15, -0.1) is 0 Å². The first-order valence-electron chi connectivity index (χ1n) is 6.95. The number of aromatic carboxylic acids is 1. The zero-order valence-corrected chi connectivity index (χ0v) is 13.1. The van der Waals surface area contributed by atoms with Crippen LogP contribution in [0.25, 0.3) is 27.6 Å². The Kier molecular flexibility index (Phi) is 2.99. The molecule has 2 aromatic heterocycles. The molecular weight excluding hydrogens is 350 g/mol. The van der Waals surface area contributed by atoms with E-state index in [1.807, 2.05) is 0 Å². The molecule has 0 amide bonds. The van der Waals surface area contributed by atoms with E-state index in [4.69, 9.17) is 5.11 Å². The number of carboxylic acid groups (broad SMARTS) is 1. The number of carboxylic acids is 1. The van der Waals surface area contributed by atoms with Crippen LogP contribution in [0.15, 0.2) is 46.1 Å². The molecule has 0 aliphatic rings. The average molecular weight is 359 g/mol. The molecule has 0 unspecified atom stereocenters. The molecule has 0 spiro atoms. The zero-order valence-electron chi connectivity index (χ0n) is 12.3. The first-order valence-corrected chi connectivity index (χ1v) is 8.39. The molecule has 0 atom stereocenters. The van der Waals surface area contributed by atoms with E-state index < -0.39 is 21.8 Å². The minimum Gasteiger partial charge on any atom is -0.478 e. The van der Waals surface area contributed by atoms with Crippen molar-refractivity contribution in [3.63, 3.8) is 0 Å². The number of fused-ring (bicyclic) bond motifs is 5. The number of nitrogens with zero attached hydrogens (tertiary/aromatic N) is 2. The number of hydrogen-bond donors (Lipinski definition) is 3. The smallest absolute Gasteiger partial charge is 0.335 e. The van der Waals surface area contributed by atoms with Crippen LogP contribution in [0.5, 0.6) is 0 Å². The van der Waals surface area contributed by atoms with Crippen molar-refractivity contribution in [3.05, 3.63) is 52.4 Å². The minimum absolute atomic E-state index is 0.0134.